The summed E-state index contributed by atoms with van der Waals surface area (Å²) in [6, 6.07) is 2.76. The van der Waals surface area contributed by atoms with Crippen molar-refractivity contribution in [3.63, 3.8) is 0 Å². The van der Waals surface area contributed by atoms with Crippen molar-refractivity contribution in [1.29, 1.82) is 0 Å². The lowest BCUT2D eigenvalue weighted by Gasteiger charge is -2.17. The van der Waals surface area contributed by atoms with Crippen molar-refractivity contribution in [2.75, 3.05) is 0 Å². The predicted octanol–water partition coefficient (Wildman–Crippen LogP) is 3.89. The van der Waals surface area contributed by atoms with Gasteiger partial charge in [-0.15, -0.1) is 0 Å². The van der Waals surface area contributed by atoms with E-state index in [2.05, 4.69) is 15.9 Å². The van der Waals surface area contributed by atoms with Gasteiger partial charge in [0.25, 0.3) is 9.05 Å². The highest BCUT2D eigenvalue weighted by Crippen LogP contribution is 2.28. The van der Waals surface area contributed by atoms with Crippen molar-refractivity contribution in [3.05, 3.63) is 27.7 Å². The highest BCUT2D eigenvalue weighted by molar-refractivity contribution is 9.10. The maximum absolute atomic E-state index is 12.0. The summed E-state index contributed by atoms with van der Waals surface area (Å²) in [6.45, 7) is 7.24. The van der Waals surface area contributed by atoms with E-state index in [1.54, 1.807) is 13.8 Å². The van der Waals surface area contributed by atoms with Crippen LogP contribution in [0.3, 0.4) is 0 Å². The summed E-state index contributed by atoms with van der Waals surface area (Å²) in [5.74, 6) is -0.405. The van der Waals surface area contributed by atoms with Gasteiger partial charge in [-0.3, -0.25) is 0 Å². The molecule has 1 rings (SSSR count). The molecule has 1 aromatic rings. The summed E-state index contributed by atoms with van der Waals surface area (Å²) in [6.07, 6.45) is -0.265. The standard InChI is InChI=1S/C13H16BrClO4S/c1-7(2)9(4)19-13(16)10-5-11(14)8(3)12(6-10)20(15,17)18/h5-7,9H,1-4H3. The molecule has 0 heterocycles. The van der Waals surface area contributed by atoms with Crippen molar-refractivity contribution < 1.29 is 17.9 Å². The number of hydrogen-bond donors (Lipinski definition) is 0. The van der Waals surface area contributed by atoms with Crippen LogP contribution in [0.5, 0.6) is 0 Å². The van der Waals surface area contributed by atoms with Crippen molar-refractivity contribution in [2.45, 2.75) is 38.7 Å². The van der Waals surface area contributed by atoms with E-state index < -0.39 is 15.0 Å². The van der Waals surface area contributed by atoms with Gasteiger partial charge in [0.15, 0.2) is 0 Å². The smallest absolute Gasteiger partial charge is 0.338 e. The Bertz CT molecular complexity index is 626. The fourth-order valence-electron chi connectivity index (χ4n) is 1.40. The molecule has 1 atom stereocenters. The second-order valence-electron chi connectivity index (χ2n) is 4.87. The quantitative estimate of drug-likeness (QED) is 0.584. The third-order valence-electron chi connectivity index (χ3n) is 3.03. The Balaban J connectivity index is 3.21. The molecule has 0 fully saturated rings. The van der Waals surface area contributed by atoms with Crippen molar-refractivity contribution in [1.82, 2.24) is 0 Å². The van der Waals surface area contributed by atoms with E-state index >= 15 is 0 Å². The van der Waals surface area contributed by atoms with Crippen molar-refractivity contribution in [3.8, 4) is 0 Å². The fraction of sp³-hybridized carbons (Fsp3) is 0.462. The molecule has 1 aromatic carbocycles. The number of benzene rings is 1. The molecular weight excluding hydrogens is 368 g/mol. The van der Waals surface area contributed by atoms with E-state index in [4.69, 9.17) is 15.4 Å². The molecule has 0 aliphatic carbocycles. The largest absolute Gasteiger partial charge is 0.459 e. The van der Waals surface area contributed by atoms with Gasteiger partial charge in [-0.1, -0.05) is 29.8 Å². The average Bonchev–Trinajstić information content (AvgIpc) is 2.30. The molecule has 0 radical (unpaired) electrons. The SMILES string of the molecule is Cc1c(Br)cc(C(=O)OC(C)C(C)C)cc1S(=O)(=O)Cl. The molecule has 0 aliphatic rings. The van der Waals surface area contributed by atoms with Gasteiger partial charge >= 0.3 is 5.97 Å². The third-order valence-corrected chi connectivity index (χ3v) is 5.30. The van der Waals surface area contributed by atoms with Crippen LogP contribution in [0.2, 0.25) is 0 Å². The van der Waals surface area contributed by atoms with Crippen LogP contribution in [0.4, 0.5) is 0 Å². The number of carbonyl (C=O) groups is 1. The summed E-state index contributed by atoms with van der Waals surface area (Å²) < 4.78 is 28.8. The van der Waals surface area contributed by atoms with E-state index in [0.717, 1.165) is 0 Å². The normalized spacial score (nSPS) is 13.3. The highest BCUT2D eigenvalue weighted by Gasteiger charge is 2.21. The molecule has 0 N–H and O–H groups in total. The Labute approximate surface area is 132 Å². The summed E-state index contributed by atoms with van der Waals surface area (Å²) in [7, 11) is 1.45. The number of hydrogen-bond acceptors (Lipinski definition) is 4. The summed E-state index contributed by atoms with van der Waals surface area (Å²) in [5.41, 5.74) is 0.600. The Morgan fingerprint density at radius 3 is 2.30 bits per heavy atom. The summed E-state index contributed by atoms with van der Waals surface area (Å²) in [5, 5.41) is 0. The van der Waals surface area contributed by atoms with E-state index in [1.165, 1.54) is 12.1 Å². The van der Waals surface area contributed by atoms with Gasteiger partial charge in [-0.05, 0) is 37.5 Å². The van der Waals surface area contributed by atoms with Gasteiger partial charge < -0.3 is 4.74 Å². The van der Waals surface area contributed by atoms with Crippen LogP contribution in [0.25, 0.3) is 0 Å². The molecule has 0 bridgehead atoms. The van der Waals surface area contributed by atoms with Crippen LogP contribution in [-0.4, -0.2) is 20.5 Å². The van der Waals surface area contributed by atoms with Crippen LogP contribution >= 0.6 is 26.6 Å². The Morgan fingerprint density at radius 2 is 1.85 bits per heavy atom. The molecule has 0 amide bonds. The van der Waals surface area contributed by atoms with Gasteiger partial charge in [0.05, 0.1) is 10.5 Å². The van der Waals surface area contributed by atoms with E-state index in [1.807, 2.05) is 13.8 Å². The molecule has 7 heteroatoms. The molecule has 1 unspecified atom stereocenters. The molecule has 0 saturated carbocycles. The first kappa shape index (κ1) is 17.5. The predicted molar refractivity (Wildman–Crippen MR) is 81.6 cm³/mol. The monoisotopic (exact) mass is 382 g/mol. The first-order chi connectivity index (χ1) is 9.04. The number of ether oxygens (including phenoxy) is 1. The van der Waals surface area contributed by atoms with Gasteiger partial charge in [-0.2, -0.15) is 0 Å². The lowest BCUT2D eigenvalue weighted by Crippen LogP contribution is -2.20. The van der Waals surface area contributed by atoms with Crippen LogP contribution in [-0.2, 0) is 13.8 Å². The zero-order chi connectivity index (χ0) is 15.7. The second kappa shape index (κ2) is 6.45. The number of esters is 1. The van der Waals surface area contributed by atoms with Crippen LogP contribution in [0, 0.1) is 12.8 Å². The topological polar surface area (TPSA) is 60.4 Å². The van der Waals surface area contributed by atoms with Gasteiger partial charge in [0.2, 0.25) is 0 Å². The minimum atomic E-state index is -3.92. The van der Waals surface area contributed by atoms with E-state index in [9.17, 15) is 13.2 Å². The average molecular weight is 384 g/mol. The molecule has 4 nitrogen and oxygen atoms in total. The lowest BCUT2D eigenvalue weighted by atomic mass is 10.1. The molecule has 112 valence electrons. The van der Waals surface area contributed by atoms with Gasteiger partial charge in [0, 0.05) is 15.2 Å². The minimum absolute atomic E-state index is 0.0994. The zero-order valence-electron chi connectivity index (χ0n) is 11.6. The van der Waals surface area contributed by atoms with E-state index in [0.29, 0.717) is 10.0 Å². The van der Waals surface area contributed by atoms with Crippen molar-refractivity contribution in [2.24, 2.45) is 5.92 Å². The van der Waals surface area contributed by atoms with Crippen molar-refractivity contribution >= 4 is 41.6 Å². The Kier molecular flexibility index (Phi) is 5.63. The van der Waals surface area contributed by atoms with Gasteiger partial charge in [0.1, 0.15) is 6.10 Å². The Hall–Kier alpha value is -0.590. The first-order valence-corrected chi connectivity index (χ1v) is 9.10. The number of halogens is 2. The molecule has 0 saturated heterocycles. The first-order valence-electron chi connectivity index (χ1n) is 5.99. The second-order valence-corrected chi connectivity index (χ2v) is 8.26. The maximum Gasteiger partial charge on any atom is 0.338 e. The fourth-order valence-corrected chi connectivity index (χ4v) is 3.21. The molecular formula is C13H16BrClO4S. The lowest BCUT2D eigenvalue weighted by molar-refractivity contribution is 0.0237. The number of rotatable bonds is 4. The highest BCUT2D eigenvalue weighted by atomic mass is 79.9. The molecule has 0 aromatic heterocycles. The number of carbonyl (C=O) groups excluding carboxylic acids is 1. The summed E-state index contributed by atoms with van der Waals surface area (Å²) in [4.78, 5) is 11.9. The van der Waals surface area contributed by atoms with E-state index in [-0.39, 0.29) is 22.5 Å². The zero-order valence-corrected chi connectivity index (χ0v) is 14.8. The molecule has 20 heavy (non-hydrogen) atoms. The molecule has 0 spiro atoms. The summed E-state index contributed by atoms with van der Waals surface area (Å²) >= 11 is 3.22. The Morgan fingerprint density at radius 1 is 1.30 bits per heavy atom. The maximum atomic E-state index is 12.0. The van der Waals surface area contributed by atoms with Crippen LogP contribution < -0.4 is 0 Å². The van der Waals surface area contributed by atoms with Crippen LogP contribution in [0.1, 0.15) is 36.7 Å². The minimum Gasteiger partial charge on any atom is -0.459 e. The van der Waals surface area contributed by atoms with Crippen LogP contribution in [0.15, 0.2) is 21.5 Å². The molecule has 0 aliphatic heterocycles. The third kappa shape index (κ3) is 4.20. The van der Waals surface area contributed by atoms with Gasteiger partial charge in [-0.25, -0.2) is 13.2 Å².